The fourth-order valence-electron chi connectivity index (χ4n) is 1.80. The molecule has 6 nitrogen and oxygen atoms in total. The molecule has 1 unspecified atom stereocenters. The number of amides is 1. The van der Waals surface area contributed by atoms with Crippen molar-refractivity contribution in [2.45, 2.75) is 51.7 Å². The molecule has 1 aliphatic rings. The van der Waals surface area contributed by atoms with Crippen molar-refractivity contribution in [1.29, 1.82) is 0 Å². The number of carboxylic acid groups (broad SMARTS) is 1. The van der Waals surface area contributed by atoms with Gasteiger partial charge in [0.25, 0.3) is 0 Å². The third-order valence-electron chi connectivity index (χ3n) is 2.58. The number of esters is 1. The minimum Gasteiger partial charge on any atom is -0.481 e. The fourth-order valence-corrected chi connectivity index (χ4v) is 1.80. The highest BCUT2D eigenvalue weighted by atomic mass is 16.6. The van der Waals surface area contributed by atoms with Gasteiger partial charge in [-0.05, 0) is 27.2 Å². The smallest absolute Gasteiger partial charge is 0.326 e. The molecule has 1 atom stereocenters. The molecule has 0 saturated carbocycles. The van der Waals surface area contributed by atoms with Crippen molar-refractivity contribution >= 4 is 17.8 Å². The Morgan fingerprint density at radius 3 is 2.50 bits per heavy atom. The van der Waals surface area contributed by atoms with Gasteiger partial charge in [0, 0.05) is 18.9 Å². The summed E-state index contributed by atoms with van der Waals surface area (Å²) in [7, 11) is 0. The zero-order valence-electron chi connectivity index (χ0n) is 10.9. The maximum absolute atomic E-state index is 11.6. The molecule has 1 heterocycles. The maximum Gasteiger partial charge on any atom is 0.326 e. The van der Waals surface area contributed by atoms with Crippen LogP contribution in [0.4, 0.5) is 0 Å². The lowest BCUT2D eigenvalue weighted by Gasteiger charge is -2.40. The Morgan fingerprint density at radius 1 is 1.44 bits per heavy atom. The molecule has 1 rings (SSSR count). The topological polar surface area (TPSA) is 83.9 Å². The van der Waals surface area contributed by atoms with Gasteiger partial charge in [0.05, 0.1) is 0 Å². The molecule has 0 bridgehead atoms. The molecule has 1 amide bonds. The van der Waals surface area contributed by atoms with E-state index in [9.17, 15) is 14.4 Å². The van der Waals surface area contributed by atoms with E-state index < -0.39 is 17.5 Å². The predicted octanol–water partition coefficient (Wildman–Crippen LogP) is 0.794. The lowest BCUT2D eigenvalue weighted by atomic mass is 9.97. The lowest BCUT2D eigenvalue weighted by Crippen LogP contribution is -2.55. The summed E-state index contributed by atoms with van der Waals surface area (Å²) in [6.07, 6.45) is 0.697. The Balaban J connectivity index is 2.42. The number of β-lactam (4-membered cyclic amide) rings is 1. The maximum atomic E-state index is 11.6. The Labute approximate surface area is 106 Å². The van der Waals surface area contributed by atoms with E-state index in [1.165, 1.54) is 4.90 Å². The van der Waals surface area contributed by atoms with Crippen molar-refractivity contribution in [2.24, 2.45) is 0 Å². The average Bonchev–Trinajstić information content (AvgIpc) is 2.18. The van der Waals surface area contributed by atoms with Crippen LogP contribution in [0.25, 0.3) is 0 Å². The van der Waals surface area contributed by atoms with Crippen LogP contribution in [-0.4, -0.2) is 46.0 Å². The van der Waals surface area contributed by atoms with E-state index in [-0.39, 0.29) is 24.9 Å². The highest BCUT2D eigenvalue weighted by Gasteiger charge is 2.37. The normalized spacial score (nSPS) is 19.4. The summed E-state index contributed by atoms with van der Waals surface area (Å²) in [5, 5.41) is 8.57. The second-order valence-electron chi connectivity index (χ2n) is 5.40. The van der Waals surface area contributed by atoms with Gasteiger partial charge in [0.2, 0.25) is 5.91 Å². The summed E-state index contributed by atoms with van der Waals surface area (Å²) in [6, 6.07) is -0.152. The van der Waals surface area contributed by atoms with Gasteiger partial charge in [0.15, 0.2) is 0 Å². The van der Waals surface area contributed by atoms with Gasteiger partial charge in [-0.1, -0.05) is 0 Å². The Bertz CT molecular complexity index is 358. The van der Waals surface area contributed by atoms with Gasteiger partial charge >= 0.3 is 11.9 Å². The molecular formula is C12H19NO5. The Kier molecular flexibility index (Phi) is 4.32. The van der Waals surface area contributed by atoms with Crippen LogP contribution >= 0.6 is 0 Å². The van der Waals surface area contributed by atoms with E-state index in [4.69, 9.17) is 9.84 Å². The number of carbonyl (C=O) groups is 3. The van der Waals surface area contributed by atoms with Gasteiger partial charge in [-0.15, -0.1) is 0 Å². The molecule has 0 spiro atoms. The number of hydrogen-bond acceptors (Lipinski definition) is 4. The number of hydrogen-bond donors (Lipinski definition) is 1. The molecule has 18 heavy (non-hydrogen) atoms. The summed E-state index contributed by atoms with van der Waals surface area (Å²) >= 11 is 0. The molecule has 1 saturated heterocycles. The minimum absolute atomic E-state index is 0.00274. The Morgan fingerprint density at radius 2 is 2.06 bits per heavy atom. The monoisotopic (exact) mass is 257 g/mol. The third kappa shape index (κ3) is 4.35. The highest BCUT2D eigenvalue weighted by Crippen LogP contribution is 2.23. The molecule has 102 valence electrons. The molecule has 0 aromatic rings. The van der Waals surface area contributed by atoms with Crippen molar-refractivity contribution in [2.75, 3.05) is 6.54 Å². The number of carbonyl (C=O) groups excluding carboxylic acids is 2. The van der Waals surface area contributed by atoms with Gasteiger partial charge in [-0.3, -0.25) is 14.4 Å². The van der Waals surface area contributed by atoms with Gasteiger partial charge in [0.1, 0.15) is 12.1 Å². The van der Waals surface area contributed by atoms with E-state index in [1.54, 1.807) is 20.8 Å². The molecular weight excluding hydrogens is 238 g/mol. The first-order valence-electron chi connectivity index (χ1n) is 5.92. The van der Waals surface area contributed by atoms with Crippen LogP contribution in [0.1, 0.15) is 40.0 Å². The second-order valence-corrected chi connectivity index (χ2v) is 5.40. The van der Waals surface area contributed by atoms with Crippen LogP contribution in [0.3, 0.4) is 0 Å². The number of nitrogens with zero attached hydrogens (tertiary/aromatic N) is 1. The first-order chi connectivity index (χ1) is 8.19. The van der Waals surface area contributed by atoms with Crippen molar-refractivity contribution in [3.63, 3.8) is 0 Å². The zero-order valence-corrected chi connectivity index (χ0v) is 10.9. The zero-order chi connectivity index (χ0) is 13.9. The molecule has 1 N–H and O–H groups in total. The van der Waals surface area contributed by atoms with Gasteiger partial charge in [-0.2, -0.15) is 0 Å². The first-order valence-corrected chi connectivity index (χ1v) is 5.92. The SMILES string of the molecule is CC(C)(C)OC(=O)CN1C(=O)CC1CCC(=O)O. The summed E-state index contributed by atoms with van der Waals surface area (Å²) in [4.78, 5) is 34.7. The standard InChI is InChI=1S/C12H19NO5/c1-12(2,3)18-11(17)7-13-8(6-9(13)14)4-5-10(15)16/h8H,4-7H2,1-3H3,(H,15,16). The average molecular weight is 257 g/mol. The van der Waals surface area contributed by atoms with Crippen molar-refractivity contribution in [3.05, 3.63) is 0 Å². The number of likely N-dealkylation sites (tertiary alicyclic amines) is 1. The predicted molar refractivity (Wildman–Crippen MR) is 62.8 cm³/mol. The molecule has 6 heteroatoms. The minimum atomic E-state index is -0.897. The summed E-state index contributed by atoms with van der Waals surface area (Å²) < 4.78 is 5.12. The van der Waals surface area contributed by atoms with E-state index in [0.29, 0.717) is 12.8 Å². The quantitative estimate of drug-likeness (QED) is 0.581. The molecule has 0 aromatic heterocycles. The van der Waals surface area contributed by atoms with Crippen LogP contribution in [-0.2, 0) is 19.1 Å². The van der Waals surface area contributed by atoms with Gasteiger partial charge < -0.3 is 14.7 Å². The summed E-state index contributed by atoms with van der Waals surface area (Å²) in [5.41, 5.74) is -0.582. The third-order valence-corrected chi connectivity index (χ3v) is 2.58. The number of carboxylic acids is 1. The van der Waals surface area contributed by atoms with E-state index >= 15 is 0 Å². The van der Waals surface area contributed by atoms with Crippen LogP contribution in [0.5, 0.6) is 0 Å². The first kappa shape index (κ1) is 14.5. The second kappa shape index (κ2) is 5.37. The summed E-state index contributed by atoms with van der Waals surface area (Å²) in [5.74, 6) is -1.49. The van der Waals surface area contributed by atoms with Crippen LogP contribution < -0.4 is 0 Å². The Hall–Kier alpha value is -1.59. The molecule has 0 aromatic carbocycles. The van der Waals surface area contributed by atoms with E-state index in [1.807, 2.05) is 0 Å². The van der Waals surface area contributed by atoms with Crippen molar-refractivity contribution in [3.8, 4) is 0 Å². The largest absolute Gasteiger partial charge is 0.481 e. The summed E-state index contributed by atoms with van der Waals surface area (Å²) in [6.45, 7) is 5.17. The molecule has 1 fully saturated rings. The van der Waals surface area contributed by atoms with Crippen LogP contribution in [0.2, 0.25) is 0 Å². The number of ether oxygens (including phenoxy) is 1. The molecule has 1 aliphatic heterocycles. The number of aliphatic carboxylic acids is 1. The van der Waals surface area contributed by atoms with Crippen molar-refractivity contribution < 1.29 is 24.2 Å². The highest BCUT2D eigenvalue weighted by molar-refractivity contribution is 5.87. The number of rotatable bonds is 5. The molecule has 0 radical (unpaired) electrons. The van der Waals surface area contributed by atoms with Gasteiger partial charge in [-0.25, -0.2) is 0 Å². The van der Waals surface area contributed by atoms with E-state index in [0.717, 1.165) is 0 Å². The molecule has 0 aliphatic carbocycles. The lowest BCUT2D eigenvalue weighted by molar-refractivity contribution is -0.165. The van der Waals surface area contributed by atoms with E-state index in [2.05, 4.69) is 0 Å². The fraction of sp³-hybridized carbons (Fsp3) is 0.750. The van der Waals surface area contributed by atoms with Crippen LogP contribution in [0, 0.1) is 0 Å². The van der Waals surface area contributed by atoms with Crippen molar-refractivity contribution in [1.82, 2.24) is 4.90 Å². The van der Waals surface area contributed by atoms with Crippen LogP contribution in [0.15, 0.2) is 0 Å².